The van der Waals surface area contributed by atoms with Crippen molar-refractivity contribution in [1.82, 2.24) is 9.78 Å². The van der Waals surface area contributed by atoms with Crippen LogP contribution in [0.2, 0.25) is 0 Å². The Kier molecular flexibility index (Phi) is 2.81. The van der Waals surface area contributed by atoms with Crippen LogP contribution >= 0.6 is 15.9 Å². The third-order valence-corrected chi connectivity index (χ3v) is 2.68. The average molecular weight is 299 g/mol. The SMILES string of the molecule is N#Cc1cc(F)c(-n2cc(Br)c(N)n2)c(F)c1. The Morgan fingerprint density at radius 3 is 2.35 bits per heavy atom. The first-order valence-electron chi connectivity index (χ1n) is 4.43. The molecule has 0 aliphatic heterocycles. The summed E-state index contributed by atoms with van der Waals surface area (Å²) in [6, 6.07) is 3.53. The van der Waals surface area contributed by atoms with Crippen molar-refractivity contribution in [2.24, 2.45) is 0 Å². The molecule has 7 heteroatoms. The van der Waals surface area contributed by atoms with Crippen molar-refractivity contribution in [1.29, 1.82) is 5.26 Å². The van der Waals surface area contributed by atoms with E-state index in [0.717, 1.165) is 16.8 Å². The summed E-state index contributed by atoms with van der Waals surface area (Å²) in [7, 11) is 0. The van der Waals surface area contributed by atoms with Gasteiger partial charge in [0, 0.05) is 6.20 Å². The van der Waals surface area contributed by atoms with Gasteiger partial charge >= 0.3 is 0 Å². The van der Waals surface area contributed by atoms with Gasteiger partial charge in [0.2, 0.25) is 0 Å². The molecule has 17 heavy (non-hydrogen) atoms. The second-order valence-electron chi connectivity index (χ2n) is 3.21. The van der Waals surface area contributed by atoms with Crippen molar-refractivity contribution in [2.75, 3.05) is 5.73 Å². The molecule has 0 atom stereocenters. The standard InChI is InChI=1S/C10H5BrF2N4/c11-6-4-17(16-10(6)15)9-7(12)1-5(3-14)2-8(9)13/h1-2,4H,(H2,15,16). The fraction of sp³-hybridized carbons (Fsp3) is 0. The van der Waals surface area contributed by atoms with Gasteiger partial charge in [-0.2, -0.15) is 5.26 Å². The van der Waals surface area contributed by atoms with Crippen LogP contribution in [0.3, 0.4) is 0 Å². The molecule has 0 fully saturated rings. The molecule has 0 radical (unpaired) electrons. The van der Waals surface area contributed by atoms with E-state index in [1.807, 2.05) is 0 Å². The van der Waals surface area contributed by atoms with Gasteiger partial charge in [-0.3, -0.25) is 0 Å². The van der Waals surface area contributed by atoms with Gasteiger partial charge in [0.25, 0.3) is 0 Å². The Hall–Kier alpha value is -1.94. The van der Waals surface area contributed by atoms with E-state index in [1.54, 1.807) is 6.07 Å². The minimum atomic E-state index is -0.878. The molecule has 0 bridgehead atoms. The van der Waals surface area contributed by atoms with E-state index in [9.17, 15) is 8.78 Å². The van der Waals surface area contributed by atoms with Crippen molar-refractivity contribution in [3.8, 4) is 11.8 Å². The quantitative estimate of drug-likeness (QED) is 0.879. The summed E-state index contributed by atoms with van der Waals surface area (Å²) in [5, 5.41) is 12.3. The Morgan fingerprint density at radius 2 is 1.94 bits per heavy atom. The number of nitrogens with two attached hydrogens (primary N) is 1. The fourth-order valence-corrected chi connectivity index (χ4v) is 1.60. The zero-order chi connectivity index (χ0) is 12.6. The molecule has 0 amide bonds. The molecule has 1 heterocycles. The first kappa shape index (κ1) is 11.5. The highest BCUT2D eigenvalue weighted by atomic mass is 79.9. The molecule has 2 rings (SSSR count). The molecule has 1 aromatic heterocycles. The minimum absolute atomic E-state index is 0.0945. The van der Waals surface area contributed by atoms with E-state index < -0.39 is 11.6 Å². The minimum Gasteiger partial charge on any atom is -0.381 e. The van der Waals surface area contributed by atoms with Gasteiger partial charge in [-0.1, -0.05) is 0 Å². The zero-order valence-corrected chi connectivity index (χ0v) is 9.87. The molecule has 0 saturated carbocycles. The monoisotopic (exact) mass is 298 g/mol. The first-order valence-corrected chi connectivity index (χ1v) is 5.22. The highest BCUT2D eigenvalue weighted by Crippen LogP contribution is 2.23. The molecule has 4 nitrogen and oxygen atoms in total. The maximum Gasteiger partial charge on any atom is 0.160 e. The van der Waals surface area contributed by atoms with Crippen LogP contribution in [0, 0.1) is 23.0 Å². The summed E-state index contributed by atoms with van der Waals surface area (Å²) in [6.07, 6.45) is 1.34. The van der Waals surface area contributed by atoms with Crippen LogP contribution in [0.15, 0.2) is 22.8 Å². The van der Waals surface area contributed by atoms with E-state index in [2.05, 4.69) is 21.0 Å². The van der Waals surface area contributed by atoms with Crippen LogP contribution in [0.1, 0.15) is 5.56 Å². The lowest BCUT2D eigenvalue weighted by Crippen LogP contribution is -2.03. The number of nitrogens with zero attached hydrogens (tertiary/aromatic N) is 3. The van der Waals surface area contributed by atoms with E-state index in [-0.39, 0.29) is 17.1 Å². The lowest BCUT2D eigenvalue weighted by atomic mass is 10.2. The Balaban J connectivity index is 2.64. The molecule has 86 valence electrons. The summed E-state index contributed by atoms with van der Waals surface area (Å²) in [4.78, 5) is 0. The van der Waals surface area contributed by atoms with Crippen molar-refractivity contribution < 1.29 is 8.78 Å². The molecule has 0 saturated heterocycles. The molecular formula is C10H5BrF2N4. The summed E-state index contributed by atoms with van der Waals surface area (Å²) in [5.74, 6) is -1.64. The van der Waals surface area contributed by atoms with Crippen molar-refractivity contribution >= 4 is 21.7 Å². The largest absolute Gasteiger partial charge is 0.381 e. The summed E-state index contributed by atoms with van der Waals surface area (Å²) >= 11 is 3.09. The predicted octanol–water partition coefficient (Wildman–Crippen LogP) is 2.37. The summed E-state index contributed by atoms with van der Waals surface area (Å²) in [6.45, 7) is 0. The van der Waals surface area contributed by atoms with Crippen molar-refractivity contribution in [3.63, 3.8) is 0 Å². The number of aromatic nitrogens is 2. The second kappa shape index (κ2) is 4.14. The number of hydrogen-bond acceptors (Lipinski definition) is 3. The fourth-order valence-electron chi connectivity index (χ4n) is 1.33. The van der Waals surface area contributed by atoms with Gasteiger partial charge in [0.1, 0.15) is 5.69 Å². The number of halogens is 3. The third-order valence-electron chi connectivity index (χ3n) is 2.07. The molecule has 0 aliphatic rings. The Bertz CT molecular complexity index is 587. The van der Waals surface area contributed by atoms with Crippen molar-refractivity contribution in [2.45, 2.75) is 0 Å². The number of benzene rings is 1. The number of nitrogen functional groups attached to an aromatic ring is 1. The van der Waals surface area contributed by atoms with Crippen LogP contribution in [0.4, 0.5) is 14.6 Å². The van der Waals surface area contributed by atoms with Crippen molar-refractivity contribution in [3.05, 3.63) is 40.0 Å². The van der Waals surface area contributed by atoms with Crippen LogP contribution < -0.4 is 5.73 Å². The Labute approximate surface area is 103 Å². The topological polar surface area (TPSA) is 67.6 Å². The molecule has 0 unspecified atom stereocenters. The normalized spacial score (nSPS) is 10.2. The van der Waals surface area contributed by atoms with Gasteiger partial charge in [0.05, 0.1) is 16.1 Å². The lowest BCUT2D eigenvalue weighted by Gasteiger charge is -2.04. The average Bonchev–Trinajstić information content (AvgIpc) is 2.57. The molecule has 1 aromatic carbocycles. The van der Waals surface area contributed by atoms with E-state index in [1.165, 1.54) is 6.20 Å². The van der Waals surface area contributed by atoms with Gasteiger partial charge in [-0.25, -0.2) is 13.5 Å². The molecular weight excluding hydrogens is 294 g/mol. The summed E-state index contributed by atoms with van der Waals surface area (Å²) in [5.41, 5.74) is 4.99. The van der Waals surface area contributed by atoms with E-state index in [4.69, 9.17) is 11.0 Å². The molecule has 2 N–H and O–H groups in total. The van der Waals surface area contributed by atoms with Gasteiger partial charge in [-0.15, -0.1) is 5.10 Å². The second-order valence-corrected chi connectivity index (χ2v) is 4.06. The lowest BCUT2D eigenvalue weighted by molar-refractivity contribution is 0.559. The van der Waals surface area contributed by atoms with Crippen LogP contribution in [0.5, 0.6) is 0 Å². The third kappa shape index (κ3) is 1.99. The Morgan fingerprint density at radius 1 is 1.35 bits per heavy atom. The summed E-state index contributed by atoms with van der Waals surface area (Å²) < 4.78 is 28.6. The van der Waals surface area contributed by atoms with Gasteiger partial charge < -0.3 is 5.73 Å². The van der Waals surface area contributed by atoms with E-state index in [0.29, 0.717) is 4.47 Å². The molecule has 0 aliphatic carbocycles. The van der Waals surface area contributed by atoms with Crippen LogP contribution in [-0.4, -0.2) is 9.78 Å². The highest BCUT2D eigenvalue weighted by molar-refractivity contribution is 9.10. The predicted molar refractivity (Wildman–Crippen MR) is 60.3 cm³/mol. The molecule has 0 spiro atoms. The number of anilines is 1. The number of hydrogen-bond donors (Lipinski definition) is 1. The van der Waals surface area contributed by atoms with Crippen LogP contribution in [-0.2, 0) is 0 Å². The van der Waals surface area contributed by atoms with E-state index >= 15 is 0 Å². The highest BCUT2D eigenvalue weighted by Gasteiger charge is 2.15. The maximum absolute atomic E-state index is 13.6. The smallest absolute Gasteiger partial charge is 0.160 e. The van der Waals surface area contributed by atoms with Crippen LogP contribution in [0.25, 0.3) is 5.69 Å². The van der Waals surface area contributed by atoms with Gasteiger partial charge in [-0.05, 0) is 28.1 Å². The number of nitriles is 1. The molecule has 2 aromatic rings. The zero-order valence-electron chi connectivity index (χ0n) is 8.28. The van der Waals surface area contributed by atoms with Gasteiger partial charge in [0.15, 0.2) is 17.5 Å². The number of rotatable bonds is 1. The first-order chi connectivity index (χ1) is 8.02. The maximum atomic E-state index is 13.6.